The van der Waals surface area contributed by atoms with E-state index in [0.29, 0.717) is 13.0 Å². The van der Waals surface area contributed by atoms with Crippen molar-refractivity contribution < 1.29 is 4.79 Å². The number of amides is 1. The van der Waals surface area contributed by atoms with Crippen LogP contribution in [0.5, 0.6) is 0 Å². The molecule has 2 heterocycles. The number of likely N-dealkylation sites (tertiary alicyclic amines) is 1. The van der Waals surface area contributed by atoms with Gasteiger partial charge in [0.05, 0.1) is 18.3 Å². The Balaban J connectivity index is 1.64. The van der Waals surface area contributed by atoms with Gasteiger partial charge in [0.25, 0.3) is 0 Å². The average Bonchev–Trinajstić information content (AvgIpc) is 3.26. The largest absolute Gasteiger partial charge is 0.342 e. The van der Waals surface area contributed by atoms with Crippen molar-refractivity contribution in [2.75, 3.05) is 13.1 Å². The lowest BCUT2D eigenvalue weighted by Gasteiger charge is -2.28. The number of hydrogen-bond acceptors (Lipinski definition) is 4. The predicted molar refractivity (Wildman–Crippen MR) is 110 cm³/mol. The molecule has 1 fully saturated rings. The van der Waals surface area contributed by atoms with Crippen molar-refractivity contribution in [3.8, 4) is 17.5 Å². The third-order valence-electron chi connectivity index (χ3n) is 5.33. The van der Waals surface area contributed by atoms with Gasteiger partial charge in [0.1, 0.15) is 11.9 Å². The van der Waals surface area contributed by atoms with Gasteiger partial charge < -0.3 is 15.2 Å². The minimum atomic E-state index is -0.290. The molecule has 0 aliphatic carbocycles. The van der Waals surface area contributed by atoms with Crippen LogP contribution in [0, 0.1) is 25.2 Å². The number of rotatable bonds is 6. The minimum Gasteiger partial charge on any atom is -0.342 e. The zero-order valence-electron chi connectivity index (χ0n) is 17.2. The molecule has 1 aliphatic rings. The molecule has 1 saturated heterocycles. The van der Waals surface area contributed by atoms with Crippen molar-refractivity contribution in [2.45, 2.75) is 58.5 Å². The Morgan fingerprint density at radius 1 is 1.43 bits per heavy atom. The van der Waals surface area contributed by atoms with Crippen LogP contribution in [0.3, 0.4) is 0 Å². The molecule has 0 radical (unpaired) electrons. The smallest absolute Gasteiger partial charge is 0.237 e. The van der Waals surface area contributed by atoms with E-state index in [0.717, 1.165) is 35.6 Å². The SMILES string of the molecule is Cc1cccc(-c2nc(CC(C)(C)NCC(=O)N3CCC[C@H]3C#N)c(C)[nH]2)c1. The topological polar surface area (TPSA) is 84.8 Å². The zero-order valence-corrected chi connectivity index (χ0v) is 17.2. The molecule has 1 amide bonds. The molecule has 0 saturated carbocycles. The number of aromatic nitrogens is 2. The number of nitriles is 1. The molecule has 2 N–H and O–H groups in total. The van der Waals surface area contributed by atoms with Crippen molar-refractivity contribution in [1.29, 1.82) is 5.26 Å². The van der Waals surface area contributed by atoms with E-state index in [1.54, 1.807) is 4.90 Å². The van der Waals surface area contributed by atoms with E-state index in [1.807, 2.05) is 13.0 Å². The van der Waals surface area contributed by atoms with Gasteiger partial charge in [-0.1, -0.05) is 23.8 Å². The molecule has 1 aliphatic heterocycles. The number of nitrogens with one attached hydrogen (secondary N) is 2. The first-order valence-corrected chi connectivity index (χ1v) is 9.86. The number of aryl methyl sites for hydroxylation is 2. The number of aromatic amines is 1. The first-order valence-electron chi connectivity index (χ1n) is 9.86. The predicted octanol–water partition coefficient (Wildman–Crippen LogP) is 3.12. The molecule has 0 spiro atoms. The number of carbonyl (C=O) groups is 1. The van der Waals surface area contributed by atoms with Crippen LogP contribution >= 0.6 is 0 Å². The van der Waals surface area contributed by atoms with Crippen LogP contribution in [-0.4, -0.2) is 45.4 Å². The quantitative estimate of drug-likeness (QED) is 0.808. The summed E-state index contributed by atoms with van der Waals surface area (Å²) in [6.07, 6.45) is 2.39. The van der Waals surface area contributed by atoms with Crippen LogP contribution in [0.4, 0.5) is 0 Å². The summed E-state index contributed by atoms with van der Waals surface area (Å²) in [6.45, 7) is 9.17. The van der Waals surface area contributed by atoms with Gasteiger partial charge in [-0.05, 0) is 46.6 Å². The third kappa shape index (κ3) is 4.60. The first-order chi connectivity index (χ1) is 13.3. The maximum absolute atomic E-state index is 12.5. The zero-order chi connectivity index (χ0) is 20.3. The fraction of sp³-hybridized carbons (Fsp3) is 0.500. The van der Waals surface area contributed by atoms with Gasteiger partial charge in [0.2, 0.25) is 5.91 Å². The lowest BCUT2D eigenvalue weighted by molar-refractivity contribution is -0.130. The molecule has 3 rings (SSSR count). The second-order valence-corrected chi connectivity index (χ2v) is 8.32. The van der Waals surface area contributed by atoms with E-state index in [4.69, 9.17) is 4.98 Å². The Morgan fingerprint density at radius 3 is 2.93 bits per heavy atom. The molecular formula is C22H29N5O. The lowest BCUT2D eigenvalue weighted by atomic mass is 9.97. The molecule has 0 bridgehead atoms. The van der Waals surface area contributed by atoms with E-state index in [-0.39, 0.29) is 24.0 Å². The Hall–Kier alpha value is -2.65. The normalized spacial score (nSPS) is 17.0. The molecule has 1 aromatic carbocycles. The van der Waals surface area contributed by atoms with Crippen molar-refractivity contribution in [3.63, 3.8) is 0 Å². The highest BCUT2D eigenvalue weighted by Gasteiger charge is 2.30. The summed E-state index contributed by atoms with van der Waals surface area (Å²) in [5.41, 5.74) is 4.03. The highest BCUT2D eigenvalue weighted by atomic mass is 16.2. The van der Waals surface area contributed by atoms with Crippen molar-refractivity contribution in [3.05, 3.63) is 41.2 Å². The lowest BCUT2D eigenvalue weighted by Crippen LogP contribution is -2.48. The third-order valence-corrected chi connectivity index (χ3v) is 5.33. The van der Waals surface area contributed by atoms with E-state index < -0.39 is 0 Å². The van der Waals surface area contributed by atoms with Crippen molar-refractivity contribution >= 4 is 5.91 Å². The van der Waals surface area contributed by atoms with E-state index >= 15 is 0 Å². The highest BCUT2D eigenvalue weighted by Crippen LogP contribution is 2.22. The summed E-state index contributed by atoms with van der Waals surface area (Å²) in [4.78, 5) is 22.4. The Kier molecular flexibility index (Phi) is 5.85. The number of H-pyrrole nitrogens is 1. The summed E-state index contributed by atoms with van der Waals surface area (Å²) in [7, 11) is 0. The Bertz CT molecular complexity index is 893. The minimum absolute atomic E-state index is 0.00340. The second kappa shape index (κ2) is 8.15. The molecule has 0 unspecified atom stereocenters. The monoisotopic (exact) mass is 379 g/mol. The summed E-state index contributed by atoms with van der Waals surface area (Å²) in [5, 5.41) is 12.5. The standard InChI is InChI=1S/C22H29N5O/c1-15-7-5-8-17(11-15)21-25-16(2)19(26-21)12-22(3,4)24-14-20(28)27-10-6-9-18(27)13-23/h5,7-8,11,18,24H,6,9-10,12,14H2,1-4H3,(H,25,26)/t18-/m0/s1. The van der Waals surface area contributed by atoms with Gasteiger partial charge in [0.15, 0.2) is 0 Å². The van der Waals surface area contributed by atoms with E-state index in [9.17, 15) is 10.1 Å². The molecule has 1 atom stereocenters. The maximum atomic E-state index is 12.5. The molecule has 6 heteroatoms. The van der Waals surface area contributed by atoms with Gasteiger partial charge in [-0.25, -0.2) is 4.98 Å². The summed E-state index contributed by atoms with van der Waals surface area (Å²) in [5.74, 6) is 0.869. The fourth-order valence-corrected chi connectivity index (χ4v) is 3.69. The molecular weight excluding hydrogens is 350 g/mol. The van der Waals surface area contributed by atoms with Crippen LogP contribution in [0.1, 0.15) is 43.6 Å². The number of nitrogens with zero attached hydrogens (tertiary/aromatic N) is 3. The molecule has 1 aromatic heterocycles. The van der Waals surface area contributed by atoms with Crippen LogP contribution in [0.25, 0.3) is 11.4 Å². The summed E-state index contributed by atoms with van der Waals surface area (Å²) in [6, 6.07) is 10.2. The fourth-order valence-electron chi connectivity index (χ4n) is 3.69. The number of carbonyl (C=O) groups excluding carboxylic acids is 1. The van der Waals surface area contributed by atoms with Gasteiger partial charge >= 0.3 is 0 Å². The number of benzene rings is 1. The van der Waals surface area contributed by atoms with Gasteiger partial charge in [0, 0.05) is 29.8 Å². The van der Waals surface area contributed by atoms with Gasteiger partial charge in [-0.2, -0.15) is 5.26 Å². The summed E-state index contributed by atoms with van der Waals surface area (Å²) >= 11 is 0. The van der Waals surface area contributed by atoms with Crippen molar-refractivity contribution in [2.24, 2.45) is 0 Å². The van der Waals surface area contributed by atoms with Crippen LogP contribution in [0.2, 0.25) is 0 Å². The van der Waals surface area contributed by atoms with Crippen LogP contribution in [-0.2, 0) is 11.2 Å². The number of imidazole rings is 1. The van der Waals surface area contributed by atoms with Crippen LogP contribution in [0.15, 0.2) is 24.3 Å². The maximum Gasteiger partial charge on any atom is 0.237 e. The van der Waals surface area contributed by atoms with Crippen LogP contribution < -0.4 is 5.32 Å². The second-order valence-electron chi connectivity index (χ2n) is 8.32. The summed E-state index contributed by atoms with van der Waals surface area (Å²) < 4.78 is 0. The van der Waals surface area contributed by atoms with E-state index in [1.165, 1.54) is 5.56 Å². The van der Waals surface area contributed by atoms with E-state index in [2.05, 4.69) is 55.3 Å². The van der Waals surface area contributed by atoms with Gasteiger partial charge in [-0.3, -0.25) is 4.79 Å². The average molecular weight is 380 g/mol. The molecule has 6 nitrogen and oxygen atoms in total. The first kappa shape index (κ1) is 20.1. The Morgan fingerprint density at radius 2 is 2.21 bits per heavy atom. The molecule has 148 valence electrons. The molecule has 28 heavy (non-hydrogen) atoms. The van der Waals surface area contributed by atoms with Gasteiger partial charge in [-0.15, -0.1) is 0 Å². The molecule has 2 aromatic rings. The highest BCUT2D eigenvalue weighted by molar-refractivity contribution is 5.79. The number of hydrogen-bond donors (Lipinski definition) is 2. The van der Waals surface area contributed by atoms with Crippen molar-refractivity contribution in [1.82, 2.24) is 20.2 Å². The Labute approximate surface area is 167 Å².